The number of hydrogen-bond donors (Lipinski definition) is 2. The number of nitrogens with one attached hydrogen (secondary N) is 2. The van der Waals surface area contributed by atoms with Crippen LogP contribution in [0.15, 0.2) is 48.8 Å². The highest BCUT2D eigenvalue weighted by Crippen LogP contribution is 2.26. The molecule has 3 aliphatic heterocycles. The molecule has 0 aliphatic carbocycles. The van der Waals surface area contributed by atoms with Gasteiger partial charge in [-0.2, -0.15) is 0 Å². The number of amides is 2. The monoisotopic (exact) mass is 482 g/mol. The van der Waals surface area contributed by atoms with Gasteiger partial charge in [0.15, 0.2) is 0 Å². The molecule has 3 saturated heterocycles. The Morgan fingerprint density at radius 2 is 1.74 bits per heavy atom. The summed E-state index contributed by atoms with van der Waals surface area (Å²) in [6.45, 7) is 4.22. The number of rotatable bonds is 4. The summed E-state index contributed by atoms with van der Waals surface area (Å²) in [6, 6.07) is 11.5. The van der Waals surface area contributed by atoms with Crippen LogP contribution in [0.1, 0.15) is 30.9 Å². The minimum absolute atomic E-state index is 0.0572. The number of likely N-dealkylation sites (tertiary alicyclic amines) is 1. The van der Waals surface area contributed by atoms with E-state index in [0.29, 0.717) is 32.6 Å². The molecule has 8 nitrogen and oxygen atoms in total. The van der Waals surface area contributed by atoms with Crippen LogP contribution >= 0.6 is 11.6 Å². The first-order valence-corrected chi connectivity index (χ1v) is 12.5. The van der Waals surface area contributed by atoms with E-state index in [1.54, 1.807) is 6.20 Å². The molecule has 1 aromatic carbocycles. The number of nitrogens with zero attached hydrogens (tertiary/aromatic N) is 4. The number of aromatic nitrogens is 1. The third kappa shape index (κ3) is 5.04. The van der Waals surface area contributed by atoms with Crippen LogP contribution in [-0.4, -0.2) is 71.9 Å². The van der Waals surface area contributed by atoms with Gasteiger partial charge < -0.3 is 14.7 Å². The fourth-order valence-electron chi connectivity index (χ4n) is 5.21. The van der Waals surface area contributed by atoms with Crippen molar-refractivity contribution in [3.63, 3.8) is 0 Å². The molecule has 180 valence electrons. The van der Waals surface area contributed by atoms with Crippen molar-refractivity contribution in [2.24, 2.45) is 5.92 Å². The Balaban J connectivity index is 1.13. The molecule has 3 unspecified atom stereocenters. The lowest BCUT2D eigenvalue weighted by atomic mass is 9.95. The Kier molecular flexibility index (Phi) is 6.99. The van der Waals surface area contributed by atoms with E-state index < -0.39 is 0 Å². The molecule has 0 spiro atoms. The van der Waals surface area contributed by atoms with Gasteiger partial charge in [-0.3, -0.25) is 14.6 Å². The summed E-state index contributed by atoms with van der Waals surface area (Å²) in [7, 11) is 0. The van der Waals surface area contributed by atoms with Crippen LogP contribution in [-0.2, 0) is 9.59 Å². The number of pyridine rings is 1. The Morgan fingerprint density at radius 3 is 2.47 bits per heavy atom. The average Bonchev–Trinajstić information content (AvgIpc) is 3.39. The minimum atomic E-state index is -0.290. The maximum absolute atomic E-state index is 13.3. The summed E-state index contributed by atoms with van der Waals surface area (Å²) in [6.07, 6.45) is 5.95. The van der Waals surface area contributed by atoms with Crippen molar-refractivity contribution in [3.8, 4) is 0 Å². The lowest BCUT2D eigenvalue weighted by Gasteiger charge is -2.40. The molecular formula is C25H31ClN6O2. The fourth-order valence-corrected chi connectivity index (χ4v) is 5.34. The molecule has 5 rings (SSSR count). The van der Waals surface area contributed by atoms with Crippen molar-refractivity contribution in [3.05, 3.63) is 59.4 Å². The van der Waals surface area contributed by atoms with Crippen molar-refractivity contribution in [1.29, 1.82) is 0 Å². The predicted octanol–water partition coefficient (Wildman–Crippen LogP) is 2.23. The van der Waals surface area contributed by atoms with Gasteiger partial charge >= 0.3 is 0 Å². The van der Waals surface area contributed by atoms with Gasteiger partial charge in [0.2, 0.25) is 11.8 Å². The van der Waals surface area contributed by atoms with Crippen LogP contribution in [0, 0.1) is 5.92 Å². The smallest absolute Gasteiger partial charge is 0.241 e. The number of piperidine rings is 1. The highest BCUT2D eigenvalue weighted by Gasteiger charge is 2.37. The number of piperazine rings is 1. The van der Waals surface area contributed by atoms with Crippen LogP contribution in [0.3, 0.4) is 0 Å². The molecule has 3 atom stereocenters. The Morgan fingerprint density at radius 1 is 0.941 bits per heavy atom. The van der Waals surface area contributed by atoms with Crippen molar-refractivity contribution < 1.29 is 9.59 Å². The van der Waals surface area contributed by atoms with Gasteiger partial charge in [0.1, 0.15) is 6.04 Å². The van der Waals surface area contributed by atoms with Gasteiger partial charge in [0.25, 0.3) is 0 Å². The summed E-state index contributed by atoms with van der Waals surface area (Å²) >= 11 is 6.00. The number of benzene rings is 1. The fraction of sp³-hybridized carbons (Fsp3) is 0.480. The molecule has 1 aromatic heterocycles. The first-order chi connectivity index (χ1) is 16.6. The summed E-state index contributed by atoms with van der Waals surface area (Å²) in [4.78, 5) is 36.8. The van der Waals surface area contributed by atoms with E-state index in [1.165, 1.54) is 0 Å². The maximum atomic E-state index is 13.3. The number of carbonyl (C=O) groups is 2. The molecule has 2 amide bonds. The SMILES string of the molecule is O=C(C1CCCN(C(=O)C2CC(c3cccnc3)NN2)C1)N1CCN(c2ccc(Cl)cc2)CC1. The van der Waals surface area contributed by atoms with Gasteiger partial charge in [-0.15, -0.1) is 0 Å². The van der Waals surface area contributed by atoms with E-state index in [-0.39, 0.29) is 29.8 Å². The minimum Gasteiger partial charge on any atom is -0.368 e. The van der Waals surface area contributed by atoms with Crippen molar-refractivity contribution >= 4 is 29.1 Å². The number of hydrogen-bond acceptors (Lipinski definition) is 6. The quantitative estimate of drug-likeness (QED) is 0.695. The van der Waals surface area contributed by atoms with Crippen LogP contribution in [0.5, 0.6) is 0 Å². The second-order valence-electron chi connectivity index (χ2n) is 9.33. The number of hydrazine groups is 1. The van der Waals surface area contributed by atoms with Gasteiger partial charge in [0, 0.05) is 68.4 Å². The Labute approximate surface area is 205 Å². The van der Waals surface area contributed by atoms with Crippen LogP contribution < -0.4 is 15.8 Å². The van der Waals surface area contributed by atoms with E-state index in [0.717, 1.165) is 42.2 Å². The largest absolute Gasteiger partial charge is 0.368 e. The second-order valence-corrected chi connectivity index (χ2v) is 9.76. The van der Waals surface area contributed by atoms with E-state index in [2.05, 4.69) is 20.7 Å². The molecule has 0 radical (unpaired) electrons. The van der Waals surface area contributed by atoms with Gasteiger partial charge in [-0.1, -0.05) is 17.7 Å². The number of anilines is 1. The molecule has 3 fully saturated rings. The first kappa shape index (κ1) is 23.1. The molecule has 4 heterocycles. The summed E-state index contributed by atoms with van der Waals surface area (Å²) in [5.41, 5.74) is 8.58. The molecule has 0 bridgehead atoms. The van der Waals surface area contributed by atoms with Crippen molar-refractivity contribution in [2.75, 3.05) is 44.2 Å². The maximum Gasteiger partial charge on any atom is 0.241 e. The third-order valence-corrected chi connectivity index (χ3v) is 7.41. The number of halogens is 1. The topological polar surface area (TPSA) is 80.8 Å². The van der Waals surface area contributed by atoms with Crippen molar-refractivity contribution in [2.45, 2.75) is 31.3 Å². The molecule has 9 heteroatoms. The lowest BCUT2D eigenvalue weighted by Crippen LogP contribution is -2.54. The summed E-state index contributed by atoms with van der Waals surface area (Å²) in [5.74, 6) is 0.131. The highest BCUT2D eigenvalue weighted by atomic mass is 35.5. The summed E-state index contributed by atoms with van der Waals surface area (Å²) < 4.78 is 0. The van der Waals surface area contributed by atoms with Gasteiger partial charge in [0.05, 0.1) is 5.92 Å². The normalized spacial score (nSPS) is 25.4. The third-order valence-electron chi connectivity index (χ3n) is 7.15. The molecular weight excluding hydrogens is 452 g/mol. The van der Waals surface area contributed by atoms with Crippen LogP contribution in [0.4, 0.5) is 5.69 Å². The highest BCUT2D eigenvalue weighted by molar-refractivity contribution is 6.30. The van der Waals surface area contributed by atoms with Gasteiger partial charge in [-0.25, -0.2) is 10.9 Å². The summed E-state index contributed by atoms with van der Waals surface area (Å²) in [5, 5.41) is 0.727. The van der Waals surface area contributed by atoms with Crippen LogP contribution in [0.25, 0.3) is 0 Å². The van der Waals surface area contributed by atoms with Gasteiger partial charge in [-0.05, 0) is 55.2 Å². The zero-order valence-corrected chi connectivity index (χ0v) is 20.0. The van der Waals surface area contributed by atoms with Crippen LogP contribution in [0.2, 0.25) is 5.02 Å². The molecule has 2 aromatic rings. The molecule has 3 aliphatic rings. The Bertz CT molecular complexity index is 996. The van der Waals surface area contributed by atoms with E-state index in [9.17, 15) is 9.59 Å². The first-order valence-electron chi connectivity index (χ1n) is 12.1. The van der Waals surface area contributed by atoms with E-state index in [4.69, 9.17) is 11.6 Å². The Hall–Kier alpha value is -2.68. The average molecular weight is 483 g/mol. The molecule has 34 heavy (non-hydrogen) atoms. The lowest BCUT2D eigenvalue weighted by molar-refractivity contribution is -0.142. The van der Waals surface area contributed by atoms with E-state index in [1.807, 2.05) is 52.4 Å². The number of carbonyl (C=O) groups excluding carboxylic acids is 2. The molecule has 0 saturated carbocycles. The zero-order valence-electron chi connectivity index (χ0n) is 19.2. The van der Waals surface area contributed by atoms with E-state index >= 15 is 0 Å². The zero-order chi connectivity index (χ0) is 23.5. The molecule has 2 N–H and O–H groups in total. The predicted molar refractivity (Wildman–Crippen MR) is 131 cm³/mol. The van der Waals surface area contributed by atoms with Crippen molar-refractivity contribution in [1.82, 2.24) is 25.6 Å². The second kappa shape index (κ2) is 10.3. The standard InChI is InChI=1S/C25H31ClN6O2/c26-20-5-7-21(8-6-20)30-11-13-31(14-12-30)24(33)19-4-2-10-32(17-19)25(34)23-15-22(28-29-23)18-3-1-9-27-16-18/h1,3,5-9,16,19,22-23,28-29H,2,4,10-15,17H2.